The molecule has 133 valence electrons. The molecule has 0 bridgehead atoms. The number of hydrogen-bond acceptors (Lipinski definition) is 5. The first kappa shape index (κ1) is 18.6. The summed E-state index contributed by atoms with van der Waals surface area (Å²) in [6.45, 7) is 6.42. The van der Waals surface area contributed by atoms with Crippen LogP contribution in [-0.2, 0) is 9.78 Å². The lowest BCUT2D eigenvalue weighted by molar-refractivity contribution is -0.317. The minimum absolute atomic E-state index is 0.328. The van der Waals surface area contributed by atoms with E-state index in [0.29, 0.717) is 28.9 Å². The maximum atomic E-state index is 12.3. The van der Waals surface area contributed by atoms with Crippen LogP contribution >= 0.6 is 0 Å². The Bertz CT molecular complexity index is 537. The van der Waals surface area contributed by atoms with Gasteiger partial charge in [-0.25, -0.2) is 4.79 Å². The maximum Gasteiger partial charge on any atom is 0.373 e. The van der Waals surface area contributed by atoms with Crippen molar-refractivity contribution in [3.8, 4) is 11.5 Å². The molecule has 1 aromatic rings. The number of carbonyl (C=O) groups excluding carboxylic acids is 1. The molecule has 2 unspecified atom stereocenters. The minimum Gasteiger partial charge on any atom is -0.497 e. The van der Waals surface area contributed by atoms with Crippen LogP contribution in [-0.4, -0.2) is 25.8 Å². The second kappa shape index (κ2) is 7.88. The summed E-state index contributed by atoms with van der Waals surface area (Å²) in [7, 11) is 3.06. The van der Waals surface area contributed by atoms with E-state index < -0.39 is 11.6 Å². The van der Waals surface area contributed by atoms with E-state index in [2.05, 4.69) is 20.3 Å². The summed E-state index contributed by atoms with van der Waals surface area (Å²) in [6.07, 6.45) is 4.95. The molecular formula is C19H27O5. The third-order valence-corrected chi connectivity index (χ3v) is 4.62. The molecule has 1 aliphatic carbocycles. The highest BCUT2D eigenvalue weighted by Crippen LogP contribution is 2.37. The smallest absolute Gasteiger partial charge is 0.373 e. The molecule has 1 fully saturated rings. The quantitative estimate of drug-likeness (QED) is 0.576. The lowest BCUT2D eigenvalue weighted by atomic mass is 9.75. The fourth-order valence-electron chi connectivity index (χ4n) is 2.89. The number of hydrogen-bond donors (Lipinski definition) is 0. The summed E-state index contributed by atoms with van der Waals surface area (Å²) in [5, 5.41) is 0. The Morgan fingerprint density at radius 3 is 2.25 bits per heavy atom. The van der Waals surface area contributed by atoms with Gasteiger partial charge in [0.1, 0.15) is 17.1 Å². The molecule has 0 spiro atoms. The van der Waals surface area contributed by atoms with E-state index in [1.807, 2.05) is 6.92 Å². The van der Waals surface area contributed by atoms with Crippen molar-refractivity contribution >= 4 is 5.97 Å². The van der Waals surface area contributed by atoms with Crippen LogP contribution in [0.2, 0.25) is 0 Å². The predicted molar refractivity (Wildman–Crippen MR) is 90.9 cm³/mol. The minimum atomic E-state index is -0.556. The van der Waals surface area contributed by atoms with E-state index in [1.165, 1.54) is 14.2 Å². The Hall–Kier alpha value is -1.75. The van der Waals surface area contributed by atoms with Crippen LogP contribution in [0.15, 0.2) is 18.2 Å². The largest absolute Gasteiger partial charge is 0.497 e. The number of carbonyl (C=O) groups is 1. The van der Waals surface area contributed by atoms with Crippen molar-refractivity contribution in [1.82, 2.24) is 0 Å². The van der Waals surface area contributed by atoms with Crippen molar-refractivity contribution in [3.63, 3.8) is 0 Å². The standard InChI is InChI=1S/C19H27O5/c1-13(2)14-6-8-19(3,9-7-14)24-23-18(20)15-10-16(21-4)12-17(11-15)22-5/h6,10-14H,7-9H2,1-5H3. The average Bonchev–Trinajstić information content (AvgIpc) is 2.59. The van der Waals surface area contributed by atoms with Crippen molar-refractivity contribution in [1.29, 1.82) is 0 Å². The van der Waals surface area contributed by atoms with Crippen LogP contribution in [0.4, 0.5) is 0 Å². The Kier molecular flexibility index (Phi) is 6.10. The van der Waals surface area contributed by atoms with Gasteiger partial charge >= 0.3 is 5.97 Å². The summed E-state index contributed by atoms with van der Waals surface area (Å²) < 4.78 is 10.3. The normalized spacial score (nSPS) is 23.8. The molecule has 1 aliphatic rings. The molecule has 0 heterocycles. The molecule has 2 rings (SSSR count). The van der Waals surface area contributed by atoms with Gasteiger partial charge in [0.25, 0.3) is 0 Å². The molecule has 2 atom stereocenters. The number of ether oxygens (including phenoxy) is 2. The molecular weight excluding hydrogens is 308 g/mol. The molecule has 0 amide bonds. The van der Waals surface area contributed by atoms with Crippen molar-refractivity contribution in [2.45, 2.75) is 45.6 Å². The summed E-state index contributed by atoms with van der Waals surface area (Å²) in [4.78, 5) is 22.9. The van der Waals surface area contributed by atoms with Gasteiger partial charge in [0.15, 0.2) is 0 Å². The Morgan fingerprint density at radius 2 is 1.79 bits per heavy atom. The molecule has 24 heavy (non-hydrogen) atoms. The SMILES string of the molecule is COc1cc(OC)cc(C(=O)OOC2(C)C[CH]C(C(C)C)CC2)c1. The zero-order valence-electron chi connectivity index (χ0n) is 15.1. The number of methoxy groups -OCH3 is 2. The fraction of sp³-hybridized carbons (Fsp3) is 0.579. The second-order valence-electron chi connectivity index (χ2n) is 6.89. The van der Waals surface area contributed by atoms with Gasteiger partial charge in [-0.2, -0.15) is 4.89 Å². The summed E-state index contributed by atoms with van der Waals surface area (Å²) in [5.41, 5.74) is -0.140. The molecule has 5 heteroatoms. The highest BCUT2D eigenvalue weighted by Gasteiger charge is 2.35. The molecule has 0 N–H and O–H groups in total. The lowest BCUT2D eigenvalue weighted by Crippen LogP contribution is -2.36. The molecule has 0 aromatic heterocycles. The molecule has 0 saturated heterocycles. The van der Waals surface area contributed by atoms with Gasteiger partial charge in [0, 0.05) is 6.07 Å². The second-order valence-corrected chi connectivity index (χ2v) is 6.89. The Labute approximate surface area is 144 Å². The molecule has 0 aliphatic heterocycles. The lowest BCUT2D eigenvalue weighted by Gasteiger charge is -2.36. The average molecular weight is 335 g/mol. The first-order valence-corrected chi connectivity index (χ1v) is 8.33. The third kappa shape index (κ3) is 4.63. The van der Waals surface area contributed by atoms with Gasteiger partial charge in [-0.3, -0.25) is 4.89 Å². The topological polar surface area (TPSA) is 54.0 Å². The van der Waals surface area contributed by atoms with E-state index in [9.17, 15) is 4.79 Å². The third-order valence-electron chi connectivity index (χ3n) is 4.62. The van der Waals surface area contributed by atoms with Gasteiger partial charge in [-0.15, -0.1) is 0 Å². The van der Waals surface area contributed by atoms with Crippen LogP contribution < -0.4 is 9.47 Å². The zero-order chi connectivity index (χ0) is 17.7. The molecule has 5 nitrogen and oxygen atoms in total. The van der Waals surface area contributed by atoms with Gasteiger partial charge in [0.05, 0.1) is 19.8 Å². The first-order chi connectivity index (χ1) is 11.4. The van der Waals surface area contributed by atoms with Crippen LogP contribution in [0.25, 0.3) is 0 Å². The fourth-order valence-corrected chi connectivity index (χ4v) is 2.89. The van der Waals surface area contributed by atoms with Gasteiger partial charge in [-0.1, -0.05) is 13.8 Å². The van der Waals surface area contributed by atoms with Gasteiger partial charge < -0.3 is 9.47 Å². The monoisotopic (exact) mass is 335 g/mol. The first-order valence-electron chi connectivity index (χ1n) is 8.33. The van der Waals surface area contributed by atoms with E-state index in [-0.39, 0.29) is 0 Å². The van der Waals surface area contributed by atoms with Crippen LogP contribution in [0, 0.1) is 18.3 Å². The zero-order valence-corrected chi connectivity index (χ0v) is 15.1. The van der Waals surface area contributed by atoms with E-state index in [0.717, 1.165) is 19.3 Å². The summed E-state index contributed by atoms with van der Waals surface area (Å²) in [6, 6.07) is 4.89. The molecule has 1 aromatic carbocycles. The van der Waals surface area contributed by atoms with Crippen molar-refractivity contribution < 1.29 is 24.0 Å². The summed E-state index contributed by atoms with van der Waals surface area (Å²) >= 11 is 0. The van der Waals surface area contributed by atoms with Gasteiger partial charge in [0.2, 0.25) is 0 Å². The number of rotatable bonds is 6. The van der Waals surface area contributed by atoms with Crippen molar-refractivity contribution in [2.75, 3.05) is 14.2 Å². The highest BCUT2D eigenvalue weighted by atomic mass is 17.2. The van der Waals surface area contributed by atoms with Crippen LogP contribution in [0.5, 0.6) is 11.5 Å². The van der Waals surface area contributed by atoms with Crippen LogP contribution in [0.3, 0.4) is 0 Å². The van der Waals surface area contributed by atoms with E-state index in [1.54, 1.807) is 18.2 Å². The Balaban J connectivity index is 1.96. The highest BCUT2D eigenvalue weighted by molar-refractivity contribution is 5.90. The predicted octanol–water partition coefficient (Wildman–Crippen LogP) is 4.21. The van der Waals surface area contributed by atoms with E-state index in [4.69, 9.17) is 19.2 Å². The molecule has 1 saturated carbocycles. The van der Waals surface area contributed by atoms with Crippen molar-refractivity contribution in [2.24, 2.45) is 11.8 Å². The van der Waals surface area contributed by atoms with Crippen LogP contribution in [0.1, 0.15) is 50.4 Å². The molecule has 1 radical (unpaired) electrons. The maximum absolute atomic E-state index is 12.3. The Morgan fingerprint density at radius 1 is 1.17 bits per heavy atom. The number of benzene rings is 1. The van der Waals surface area contributed by atoms with Gasteiger partial charge in [-0.05, 0) is 56.6 Å². The van der Waals surface area contributed by atoms with Crippen molar-refractivity contribution in [3.05, 3.63) is 30.2 Å². The van der Waals surface area contributed by atoms with E-state index >= 15 is 0 Å². The summed E-state index contributed by atoms with van der Waals surface area (Å²) in [5.74, 6) is 1.72.